The number of pyridine rings is 1. The number of aromatic nitrogens is 1. The zero-order chi connectivity index (χ0) is 16.8. The molecule has 0 saturated carbocycles. The molecule has 3 heterocycles. The molecule has 0 amide bonds. The molecule has 1 aromatic carbocycles. The van der Waals surface area contributed by atoms with Gasteiger partial charge in [-0.1, -0.05) is 12.2 Å². The molecule has 2 aromatic heterocycles. The zero-order valence-corrected chi connectivity index (χ0v) is 14.6. The van der Waals surface area contributed by atoms with Crippen molar-refractivity contribution >= 4 is 51.4 Å². The monoisotopic (exact) mass is 355 g/mol. The van der Waals surface area contributed by atoms with Crippen LogP contribution < -0.4 is 4.74 Å². The van der Waals surface area contributed by atoms with Gasteiger partial charge in [0.25, 0.3) is 0 Å². The second kappa shape index (κ2) is 5.58. The van der Waals surface area contributed by atoms with Crippen LogP contribution in [0.1, 0.15) is 26.5 Å². The Morgan fingerprint density at radius 1 is 1.29 bits per heavy atom. The largest absolute Gasteiger partial charge is 0.497 e. The number of benzene rings is 1. The van der Waals surface area contributed by atoms with Crippen molar-refractivity contribution < 1.29 is 14.3 Å². The molecule has 120 valence electrons. The van der Waals surface area contributed by atoms with E-state index in [4.69, 9.17) is 21.7 Å². The van der Waals surface area contributed by atoms with Gasteiger partial charge in [0.2, 0.25) is 0 Å². The lowest BCUT2D eigenvalue weighted by Gasteiger charge is -1.99. The summed E-state index contributed by atoms with van der Waals surface area (Å²) in [6.07, 6.45) is 1.88. The summed E-state index contributed by atoms with van der Waals surface area (Å²) in [5.74, 6) is 0.958. The van der Waals surface area contributed by atoms with E-state index in [1.807, 2.05) is 37.3 Å². The highest BCUT2D eigenvalue weighted by Crippen LogP contribution is 2.35. The number of thiophene rings is 1. The number of fused-ring (bicyclic) bond motifs is 2. The number of cyclic esters (lactones) is 1. The number of aryl methyl sites for hydroxylation is 1. The fourth-order valence-corrected chi connectivity index (χ4v) is 4.14. The van der Waals surface area contributed by atoms with Crippen molar-refractivity contribution in [3.8, 4) is 5.75 Å². The molecule has 1 aliphatic rings. The molecule has 0 radical (unpaired) electrons. The highest BCUT2D eigenvalue weighted by molar-refractivity contribution is 7.71. The van der Waals surface area contributed by atoms with Gasteiger partial charge < -0.3 is 14.5 Å². The summed E-state index contributed by atoms with van der Waals surface area (Å²) in [6, 6.07) is 9.89. The molecule has 0 saturated heterocycles. The van der Waals surface area contributed by atoms with Gasteiger partial charge in [0.05, 0.1) is 7.11 Å². The molecule has 6 heteroatoms. The third-order valence-corrected chi connectivity index (χ3v) is 5.21. The number of esters is 1. The van der Waals surface area contributed by atoms with Gasteiger partial charge in [-0.05, 0) is 48.7 Å². The summed E-state index contributed by atoms with van der Waals surface area (Å²) in [4.78, 5) is 16.1. The molecule has 0 fully saturated rings. The molecule has 0 aliphatic carbocycles. The predicted molar refractivity (Wildman–Crippen MR) is 98.0 cm³/mol. The maximum atomic E-state index is 12.1. The van der Waals surface area contributed by atoms with E-state index in [9.17, 15) is 4.79 Å². The van der Waals surface area contributed by atoms with Crippen LogP contribution in [-0.4, -0.2) is 18.1 Å². The third kappa shape index (κ3) is 2.44. The Bertz CT molecular complexity index is 1080. The fraction of sp³-hybridized carbons (Fsp3) is 0.111. The highest BCUT2D eigenvalue weighted by Gasteiger charge is 2.28. The molecule has 1 N–H and O–H groups in total. The van der Waals surface area contributed by atoms with Crippen molar-refractivity contribution in [2.24, 2.45) is 0 Å². The Labute approximate surface area is 147 Å². The first-order valence-electron chi connectivity index (χ1n) is 7.31. The van der Waals surface area contributed by atoms with Crippen molar-refractivity contribution in [1.29, 1.82) is 0 Å². The molecule has 4 nitrogen and oxygen atoms in total. The van der Waals surface area contributed by atoms with Crippen molar-refractivity contribution in [3.63, 3.8) is 0 Å². The Balaban J connectivity index is 1.83. The zero-order valence-electron chi connectivity index (χ0n) is 13.0. The van der Waals surface area contributed by atoms with Crippen LogP contribution in [-0.2, 0) is 4.74 Å². The summed E-state index contributed by atoms with van der Waals surface area (Å²) >= 11 is 6.86. The van der Waals surface area contributed by atoms with E-state index < -0.39 is 5.97 Å². The van der Waals surface area contributed by atoms with Crippen LogP contribution in [0.15, 0.2) is 30.3 Å². The lowest BCUT2D eigenvalue weighted by molar-refractivity contribution is 0.0716. The molecule has 24 heavy (non-hydrogen) atoms. The van der Waals surface area contributed by atoms with Crippen LogP contribution in [0.3, 0.4) is 0 Å². The standard InChI is InChI=1S/C18H13NO3S2/c1-9-5-13-14(22-18(20)16(13)17(23)19-9)8-12-6-10-3-4-11(21-2)7-15(10)24-12/h3-8H,1-2H3,(H,19,23)/b14-8-. The normalized spacial score (nSPS) is 14.9. The summed E-state index contributed by atoms with van der Waals surface area (Å²) < 4.78 is 12.2. The third-order valence-electron chi connectivity index (χ3n) is 3.86. The lowest BCUT2D eigenvalue weighted by atomic mass is 10.1. The van der Waals surface area contributed by atoms with E-state index in [-0.39, 0.29) is 0 Å². The topological polar surface area (TPSA) is 51.3 Å². The number of rotatable bonds is 2. The Kier molecular flexibility index (Phi) is 3.51. The SMILES string of the molecule is COc1ccc2cc(/C=C3\OC(=O)c4c3cc(C)[nH]c4=S)sc2c1. The van der Waals surface area contributed by atoms with Crippen molar-refractivity contribution in [2.75, 3.05) is 7.11 Å². The highest BCUT2D eigenvalue weighted by atomic mass is 32.1. The maximum Gasteiger partial charge on any atom is 0.347 e. The average Bonchev–Trinajstić information content (AvgIpc) is 3.07. The minimum absolute atomic E-state index is 0.403. The summed E-state index contributed by atoms with van der Waals surface area (Å²) in [7, 11) is 1.65. The van der Waals surface area contributed by atoms with E-state index in [1.54, 1.807) is 18.4 Å². The Morgan fingerprint density at radius 2 is 2.12 bits per heavy atom. The van der Waals surface area contributed by atoms with Crippen molar-refractivity contribution in [3.05, 3.63) is 56.7 Å². The number of nitrogens with one attached hydrogen (secondary N) is 1. The predicted octanol–water partition coefficient (Wildman–Crippen LogP) is 4.94. The van der Waals surface area contributed by atoms with E-state index in [0.717, 1.165) is 32.0 Å². The fourth-order valence-electron chi connectivity index (χ4n) is 2.76. The van der Waals surface area contributed by atoms with Crippen molar-refractivity contribution in [1.82, 2.24) is 4.98 Å². The molecule has 0 bridgehead atoms. The van der Waals surface area contributed by atoms with Crippen LogP contribution in [0.2, 0.25) is 0 Å². The number of carbonyl (C=O) groups is 1. The van der Waals surface area contributed by atoms with Crippen LogP contribution in [0, 0.1) is 11.6 Å². The van der Waals surface area contributed by atoms with Gasteiger partial charge in [-0.2, -0.15) is 0 Å². The smallest absolute Gasteiger partial charge is 0.347 e. The van der Waals surface area contributed by atoms with E-state index in [1.165, 1.54) is 0 Å². The molecule has 4 rings (SSSR count). The van der Waals surface area contributed by atoms with Gasteiger partial charge in [0.1, 0.15) is 21.7 Å². The first-order valence-corrected chi connectivity index (χ1v) is 8.53. The van der Waals surface area contributed by atoms with Crippen LogP contribution in [0.4, 0.5) is 0 Å². The number of hydrogen-bond acceptors (Lipinski definition) is 5. The van der Waals surface area contributed by atoms with Crippen LogP contribution in [0.5, 0.6) is 5.75 Å². The molecule has 0 unspecified atom stereocenters. The number of methoxy groups -OCH3 is 1. The second-order valence-electron chi connectivity index (χ2n) is 5.52. The summed E-state index contributed by atoms with van der Waals surface area (Å²) in [6.45, 7) is 1.90. The number of ether oxygens (including phenoxy) is 2. The summed E-state index contributed by atoms with van der Waals surface area (Å²) in [5, 5.41) is 1.12. The molecular weight excluding hydrogens is 342 g/mol. The minimum atomic E-state index is -0.403. The molecule has 1 aliphatic heterocycles. The first kappa shape index (κ1) is 15.1. The Morgan fingerprint density at radius 3 is 2.92 bits per heavy atom. The number of aromatic amines is 1. The molecule has 0 spiro atoms. The van der Waals surface area contributed by atoms with Crippen molar-refractivity contribution in [2.45, 2.75) is 6.92 Å². The van der Waals surface area contributed by atoms with E-state index in [2.05, 4.69) is 11.1 Å². The van der Waals surface area contributed by atoms with E-state index >= 15 is 0 Å². The molecule has 0 atom stereocenters. The maximum absolute atomic E-state index is 12.1. The molecule has 3 aromatic rings. The van der Waals surface area contributed by atoms with Gasteiger partial charge in [-0.3, -0.25) is 0 Å². The number of carbonyl (C=O) groups excluding carboxylic acids is 1. The second-order valence-corrected chi connectivity index (χ2v) is 7.04. The first-order chi connectivity index (χ1) is 11.5. The van der Waals surface area contributed by atoms with Crippen LogP contribution in [0.25, 0.3) is 21.9 Å². The average molecular weight is 355 g/mol. The Hall–Kier alpha value is -2.44. The van der Waals surface area contributed by atoms with Crippen LogP contribution >= 0.6 is 23.6 Å². The molecular formula is C18H13NO3S2. The van der Waals surface area contributed by atoms with Gasteiger partial charge in [-0.25, -0.2) is 4.79 Å². The van der Waals surface area contributed by atoms with Gasteiger partial charge >= 0.3 is 5.97 Å². The van der Waals surface area contributed by atoms with Gasteiger partial charge in [0.15, 0.2) is 0 Å². The quantitative estimate of drug-likeness (QED) is 0.522. The minimum Gasteiger partial charge on any atom is -0.497 e. The van der Waals surface area contributed by atoms with Gasteiger partial charge in [0, 0.05) is 20.8 Å². The summed E-state index contributed by atoms with van der Waals surface area (Å²) in [5.41, 5.74) is 2.07. The number of H-pyrrole nitrogens is 1. The van der Waals surface area contributed by atoms with Gasteiger partial charge in [-0.15, -0.1) is 11.3 Å². The number of hydrogen-bond donors (Lipinski definition) is 1. The van der Waals surface area contributed by atoms with E-state index in [0.29, 0.717) is 16.0 Å². The lowest BCUT2D eigenvalue weighted by Crippen LogP contribution is -1.97.